The molecular weight excluding hydrogens is 949 g/mol. The van der Waals surface area contributed by atoms with Crippen molar-refractivity contribution in [1.82, 2.24) is 0 Å². The maximum absolute atomic E-state index is 12.9. The van der Waals surface area contributed by atoms with Crippen molar-refractivity contribution in [3.8, 4) is 0 Å². The predicted molar refractivity (Wildman–Crippen MR) is 335 cm³/mol. The van der Waals surface area contributed by atoms with Crippen LogP contribution in [0.1, 0.15) is 380 Å². The van der Waals surface area contributed by atoms with E-state index >= 15 is 0 Å². The van der Waals surface area contributed by atoms with E-state index in [1.54, 1.807) is 0 Å². The molecule has 0 aliphatic heterocycles. The third-order valence-electron chi connectivity index (χ3n) is 15.7. The first-order chi connectivity index (χ1) is 38.0. The summed E-state index contributed by atoms with van der Waals surface area (Å²) in [6.45, 7) is 6.57. The topological polar surface area (TPSA) is 78.9 Å². The van der Waals surface area contributed by atoms with Gasteiger partial charge in [-0.25, -0.2) is 0 Å². The number of carbonyl (C=O) groups is 3. The highest BCUT2D eigenvalue weighted by Gasteiger charge is 2.19. The van der Waals surface area contributed by atoms with Crippen molar-refractivity contribution in [2.45, 2.75) is 386 Å². The van der Waals surface area contributed by atoms with E-state index in [0.29, 0.717) is 19.3 Å². The molecule has 0 saturated carbocycles. The maximum Gasteiger partial charge on any atom is 0.306 e. The van der Waals surface area contributed by atoms with Crippen LogP contribution in [-0.2, 0) is 28.6 Å². The zero-order valence-corrected chi connectivity index (χ0v) is 52.0. The fraction of sp³-hybridized carbons (Fsp3) is 0.873. The van der Waals surface area contributed by atoms with Crippen molar-refractivity contribution in [3.63, 3.8) is 0 Å². The van der Waals surface area contributed by atoms with E-state index < -0.39 is 6.10 Å². The molecule has 6 heteroatoms. The summed E-state index contributed by atoms with van der Waals surface area (Å²) in [5, 5.41) is 0. The Morgan fingerprint density at radius 1 is 0.273 bits per heavy atom. The van der Waals surface area contributed by atoms with Crippen LogP contribution in [0.2, 0.25) is 0 Å². The number of carbonyl (C=O) groups excluding carboxylic acids is 3. The first-order valence-electron chi connectivity index (χ1n) is 34.5. The average Bonchev–Trinajstić information content (AvgIpc) is 3.43. The van der Waals surface area contributed by atoms with Crippen LogP contribution in [0.25, 0.3) is 0 Å². The van der Waals surface area contributed by atoms with Crippen LogP contribution in [0.3, 0.4) is 0 Å². The van der Waals surface area contributed by atoms with Gasteiger partial charge in [0.2, 0.25) is 0 Å². The number of ether oxygens (including phenoxy) is 3. The smallest absolute Gasteiger partial charge is 0.306 e. The molecule has 0 aromatic rings. The SMILES string of the molecule is CC/C=C\C/C=C\C/C=C\CCCCCC(=O)OCC(COC(=O)CCCCCCCCCCCCCCCCCCCCCCCCCCCCCCC)OC(=O)CCCCCCCCCCCCCCCCCCC. The molecule has 1 atom stereocenters. The van der Waals surface area contributed by atoms with Gasteiger partial charge in [0.25, 0.3) is 0 Å². The standard InChI is InChI=1S/C71H132O6/c1-4-7-10-13-16-19-22-25-27-29-30-31-32-33-34-35-36-37-38-39-40-42-43-46-49-52-55-58-61-64-70(73)76-67-68(66-75-69(72)63-60-57-54-51-48-45-24-21-18-15-12-9-6-3)77-71(74)65-62-59-56-53-50-47-44-41-28-26-23-20-17-14-11-8-5-2/h9,12,18,21,45,48,68H,4-8,10-11,13-17,19-20,22-44,46-47,49-67H2,1-3H3/b12-9-,21-18-,48-45-. The summed E-state index contributed by atoms with van der Waals surface area (Å²) in [7, 11) is 0. The van der Waals surface area contributed by atoms with Gasteiger partial charge in [-0.1, -0.05) is 346 Å². The van der Waals surface area contributed by atoms with Crippen LogP contribution in [0.4, 0.5) is 0 Å². The van der Waals surface area contributed by atoms with Gasteiger partial charge in [-0.15, -0.1) is 0 Å². The molecule has 1 unspecified atom stereocenters. The molecule has 0 amide bonds. The Hall–Kier alpha value is -2.37. The van der Waals surface area contributed by atoms with E-state index in [9.17, 15) is 14.4 Å². The summed E-state index contributed by atoms with van der Waals surface area (Å²) < 4.78 is 16.9. The second-order valence-electron chi connectivity index (χ2n) is 23.4. The zero-order valence-electron chi connectivity index (χ0n) is 52.0. The van der Waals surface area contributed by atoms with Crippen LogP contribution in [-0.4, -0.2) is 37.2 Å². The highest BCUT2D eigenvalue weighted by atomic mass is 16.6. The summed E-state index contributed by atoms with van der Waals surface area (Å²) in [5.41, 5.74) is 0. The minimum Gasteiger partial charge on any atom is -0.462 e. The summed E-state index contributed by atoms with van der Waals surface area (Å²) in [6, 6.07) is 0. The van der Waals surface area contributed by atoms with E-state index in [0.717, 1.165) is 83.5 Å². The molecule has 0 spiro atoms. The molecule has 0 saturated heterocycles. The van der Waals surface area contributed by atoms with Gasteiger partial charge in [0.1, 0.15) is 13.2 Å². The molecule has 0 fully saturated rings. The van der Waals surface area contributed by atoms with Gasteiger partial charge < -0.3 is 14.2 Å². The van der Waals surface area contributed by atoms with Crippen molar-refractivity contribution in [2.75, 3.05) is 13.2 Å². The minimum absolute atomic E-state index is 0.0760. The molecule has 0 N–H and O–H groups in total. The van der Waals surface area contributed by atoms with Crippen molar-refractivity contribution in [1.29, 1.82) is 0 Å². The zero-order chi connectivity index (χ0) is 55.7. The first kappa shape index (κ1) is 74.6. The number of esters is 3. The van der Waals surface area contributed by atoms with Crippen molar-refractivity contribution < 1.29 is 28.6 Å². The van der Waals surface area contributed by atoms with E-state index in [2.05, 4.69) is 57.2 Å². The van der Waals surface area contributed by atoms with E-state index in [1.165, 1.54) is 257 Å². The Morgan fingerprint density at radius 3 is 0.792 bits per heavy atom. The molecule has 6 nitrogen and oxygen atoms in total. The quantitative estimate of drug-likeness (QED) is 0.0261. The molecule has 0 aliphatic carbocycles. The van der Waals surface area contributed by atoms with E-state index in [1.807, 2.05) is 0 Å². The summed E-state index contributed by atoms with van der Waals surface area (Å²) >= 11 is 0. The normalized spacial score (nSPS) is 12.2. The lowest BCUT2D eigenvalue weighted by molar-refractivity contribution is -0.167. The highest BCUT2D eigenvalue weighted by molar-refractivity contribution is 5.71. The van der Waals surface area contributed by atoms with Gasteiger partial charge in [0.15, 0.2) is 6.10 Å². The highest BCUT2D eigenvalue weighted by Crippen LogP contribution is 2.19. The largest absolute Gasteiger partial charge is 0.462 e. The summed E-state index contributed by atoms with van der Waals surface area (Å²) in [4.78, 5) is 38.3. The summed E-state index contributed by atoms with van der Waals surface area (Å²) in [5.74, 6) is -0.880. The number of allylic oxidation sites excluding steroid dienone is 6. The molecule has 77 heavy (non-hydrogen) atoms. The predicted octanol–water partition coefficient (Wildman–Crippen LogP) is 23.6. The van der Waals surface area contributed by atoms with Crippen LogP contribution in [0, 0.1) is 0 Å². The van der Waals surface area contributed by atoms with Crippen molar-refractivity contribution in [3.05, 3.63) is 36.5 Å². The lowest BCUT2D eigenvalue weighted by Gasteiger charge is -2.18. The van der Waals surface area contributed by atoms with Crippen molar-refractivity contribution >= 4 is 17.9 Å². The molecule has 0 bridgehead atoms. The third-order valence-corrected chi connectivity index (χ3v) is 15.7. The minimum atomic E-state index is -0.781. The molecule has 0 heterocycles. The lowest BCUT2D eigenvalue weighted by Crippen LogP contribution is -2.30. The Morgan fingerprint density at radius 2 is 0.506 bits per heavy atom. The van der Waals surface area contributed by atoms with Crippen LogP contribution in [0.15, 0.2) is 36.5 Å². The lowest BCUT2D eigenvalue weighted by atomic mass is 10.0. The Kier molecular flexibility index (Phi) is 64.1. The molecule has 452 valence electrons. The fourth-order valence-electron chi connectivity index (χ4n) is 10.5. The molecule has 0 aromatic heterocycles. The Labute approximate surface area is 480 Å². The molecule has 0 rings (SSSR count). The van der Waals surface area contributed by atoms with E-state index in [4.69, 9.17) is 14.2 Å². The molecule has 0 aliphatic rings. The third kappa shape index (κ3) is 64.3. The number of hydrogen-bond acceptors (Lipinski definition) is 6. The number of unbranched alkanes of at least 4 members (excludes halogenated alkanes) is 47. The van der Waals surface area contributed by atoms with Crippen LogP contribution < -0.4 is 0 Å². The second-order valence-corrected chi connectivity index (χ2v) is 23.4. The van der Waals surface area contributed by atoms with Gasteiger partial charge in [0, 0.05) is 19.3 Å². The monoisotopic (exact) mass is 1080 g/mol. The Bertz CT molecular complexity index is 1290. The first-order valence-corrected chi connectivity index (χ1v) is 34.5. The average molecular weight is 1080 g/mol. The van der Waals surface area contributed by atoms with Crippen molar-refractivity contribution in [2.24, 2.45) is 0 Å². The molecule has 0 radical (unpaired) electrons. The molecular formula is C71H132O6. The second kappa shape index (κ2) is 66.1. The molecule has 0 aromatic carbocycles. The Balaban J connectivity index is 4.16. The van der Waals surface area contributed by atoms with Gasteiger partial charge in [-0.3, -0.25) is 14.4 Å². The maximum atomic E-state index is 12.9. The van der Waals surface area contributed by atoms with Gasteiger partial charge >= 0.3 is 17.9 Å². The van der Waals surface area contributed by atoms with Gasteiger partial charge in [-0.2, -0.15) is 0 Å². The number of hydrogen-bond donors (Lipinski definition) is 0. The van der Waals surface area contributed by atoms with E-state index in [-0.39, 0.29) is 31.1 Å². The number of rotatable bonds is 64. The van der Waals surface area contributed by atoms with Crippen LogP contribution >= 0.6 is 0 Å². The van der Waals surface area contributed by atoms with Gasteiger partial charge in [-0.05, 0) is 51.4 Å². The summed E-state index contributed by atoms with van der Waals surface area (Å²) in [6.07, 6.45) is 81.9. The fourth-order valence-corrected chi connectivity index (χ4v) is 10.5. The van der Waals surface area contributed by atoms with Gasteiger partial charge in [0.05, 0.1) is 0 Å². The van der Waals surface area contributed by atoms with Crippen LogP contribution in [0.5, 0.6) is 0 Å².